The average Bonchev–Trinajstić information content (AvgIpc) is 2.24. The van der Waals surface area contributed by atoms with Crippen LogP contribution in [0.3, 0.4) is 0 Å². The van der Waals surface area contributed by atoms with Gasteiger partial charge in [-0.2, -0.15) is 5.26 Å². The number of nitriles is 1. The monoisotopic (exact) mass is 237 g/mol. The van der Waals surface area contributed by atoms with Crippen LogP contribution >= 0.6 is 0 Å². The van der Waals surface area contributed by atoms with Crippen LogP contribution in [-0.4, -0.2) is 24.8 Å². The minimum Gasteiger partial charge on any atom is -0.462 e. The van der Waals surface area contributed by atoms with Crippen molar-refractivity contribution >= 4 is 5.97 Å². The molecule has 1 rings (SSSR count). The Labute approximate surface area is 102 Å². The summed E-state index contributed by atoms with van der Waals surface area (Å²) >= 11 is 0. The summed E-state index contributed by atoms with van der Waals surface area (Å²) in [6.45, 7) is 6.71. The minimum absolute atomic E-state index is 0.106. The number of hydrogen-bond donors (Lipinski definition) is 0. The van der Waals surface area contributed by atoms with Gasteiger partial charge in [0.1, 0.15) is 11.6 Å². The molecule has 1 unspecified atom stereocenters. The van der Waals surface area contributed by atoms with Crippen molar-refractivity contribution in [3.05, 3.63) is 11.6 Å². The molecule has 0 aromatic rings. The van der Waals surface area contributed by atoms with Crippen molar-refractivity contribution in [1.82, 2.24) is 0 Å². The molecular formula is C13H19NO3. The van der Waals surface area contributed by atoms with Gasteiger partial charge in [-0.15, -0.1) is 0 Å². The lowest BCUT2D eigenvalue weighted by Crippen LogP contribution is -2.33. The standard InChI is InChI=1S/C13H19NO3/c1-4-16-12(15)11(9-14)7-10-5-6-17-13(2,3)8-10/h7,10H,4-6,8H2,1-3H3. The highest BCUT2D eigenvalue weighted by molar-refractivity contribution is 5.92. The molecule has 1 aliphatic heterocycles. The average molecular weight is 237 g/mol. The highest BCUT2D eigenvalue weighted by Gasteiger charge is 2.28. The fourth-order valence-corrected chi connectivity index (χ4v) is 2.02. The van der Waals surface area contributed by atoms with Gasteiger partial charge in [-0.1, -0.05) is 6.08 Å². The van der Waals surface area contributed by atoms with E-state index < -0.39 is 5.97 Å². The molecule has 0 aromatic heterocycles. The van der Waals surface area contributed by atoms with Crippen LogP contribution in [0.25, 0.3) is 0 Å². The topological polar surface area (TPSA) is 59.3 Å². The van der Waals surface area contributed by atoms with Gasteiger partial charge in [0.15, 0.2) is 0 Å². The molecule has 4 heteroatoms. The van der Waals surface area contributed by atoms with Crippen molar-refractivity contribution in [2.75, 3.05) is 13.2 Å². The van der Waals surface area contributed by atoms with Gasteiger partial charge in [0.25, 0.3) is 0 Å². The van der Waals surface area contributed by atoms with Gasteiger partial charge < -0.3 is 9.47 Å². The number of carbonyl (C=O) groups is 1. The third-order valence-electron chi connectivity index (χ3n) is 2.75. The third kappa shape index (κ3) is 4.20. The van der Waals surface area contributed by atoms with E-state index in [2.05, 4.69) is 0 Å². The van der Waals surface area contributed by atoms with Crippen LogP contribution in [0.2, 0.25) is 0 Å². The molecule has 17 heavy (non-hydrogen) atoms. The number of nitrogens with zero attached hydrogens (tertiary/aromatic N) is 1. The molecule has 0 bridgehead atoms. The summed E-state index contributed by atoms with van der Waals surface area (Å²) in [6, 6.07) is 1.91. The van der Waals surface area contributed by atoms with E-state index in [-0.39, 0.29) is 23.7 Å². The van der Waals surface area contributed by atoms with Gasteiger partial charge in [0.2, 0.25) is 0 Å². The molecule has 4 nitrogen and oxygen atoms in total. The van der Waals surface area contributed by atoms with Gasteiger partial charge >= 0.3 is 5.97 Å². The van der Waals surface area contributed by atoms with Gasteiger partial charge in [-0.05, 0) is 39.5 Å². The maximum atomic E-state index is 11.5. The molecule has 1 fully saturated rings. The van der Waals surface area contributed by atoms with Gasteiger partial charge in [-0.3, -0.25) is 0 Å². The van der Waals surface area contributed by atoms with Crippen molar-refractivity contribution in [2.45, 2.75) is 39.2 Å². The van der Waals surface area contributed by atoms with Crippen LogP contribution in [0.1, 0.15) is 33.6 Å². The Bertz CT molecular complexity index is 352. The third-order valence-corrected chi connectivity index (χ3v) is 2.75. The number of allylic oxidation sites excluding steroid dienone is 1. The summed E-state index contributed by atoms with van der Waals surface area (Å²) in [5.41, 5.74) is -0.0798. The Morgan fingerprint density at radius 1 is 1.65 bits per heavy atom. The highest BCUT2D eigenvalue weighted by Crippen LogP contribution is 2.30. The predicted octanol–water partition coefficient (Wildman–Crippen LogP) is 2.20. The number of rotatable bonds is 3. The van der Waals surface area contributed by atoms with Crippen molar-refractivity contribution in [2.24, 2.45) is 5.92 Å². The largest absolute Gasteiger partial charge is 0.462 e. The normalized spacial score (nSPS) is 23.9. The van der Waals surface area contributed by atoms with E-state index in [4.69, 9.17) is 14.7 Å². The van der Waals surface area contributed by atoms with Crippen molar-refractivity contribution in [1.29, 1.82) is 5.26 Å². The summed E-state index contributed by atoms with van der Waals surface area (Å²) in [7, 11) is 0. The Kier molecular flexibility index (Phi) is 4.71. The number of ether oxygens (including phenoxy) is 2. The first-order chi connectivity index (χ1) is 7.98. The van der Waals surface area contributed by atoms with Crippen molar-refractivity contribution in [3.8, 4) is 6.07 Å². The summed E-state index contributed by atoms with van der Waals surface area (Å²) in [5, 5.41) is 8.93. The van der Waals surface area contributed by atoms with Crippen molar-refractivity contribution in [3.63, 3.8) is 0 Å². The van der Waals surface area contributed by atoms with E-state index in [0.29, 0.717) is 6.61 Å². The summed E-state index contributed by atoms with van der Waals surface area (Å²) in [4.78, 5) is 11.5. The predicted molar refractivity (Wildman–Crippen MR) is 63.1 cm³/mol. The van der Waals surface area contributed by atoms with Crippen LogP contribution in [-0.2, 0) is 14.3 Å². The van der Waals surface area contributed by atoms with E-state index in [1.807, 2.05) is 19.9 Å². The molecule has 0 saturated carbocycles. The van der Waals surface area contributed by atoms with E-state index in [1.54, 1.807) is 13.0 Å². The molecule has 1 saturated heterocycles. The molecule has 0 aliphatic carbocycles. The lowest BCUT2D eigenvalue weighted by atomic mass is 9.87. The Morgan fingerprint density at radius 3 is 2.88 bits per heavy atom. The fourth-order valence-electron chi connectivity index (χ4n) is 2.02. The van der Waals surface area contributed by atoms with Crippen LogP contribution in [0.4, 0.5) is 0 Å². The molecular weight excluding hydrogens is 218 g/mol. The summed E-state index contributed by atoms with van der Waals surface area (Å²) < 4.78 is 10.4. The van der Waals surface area contributed by atoms with Crippen molar-refractivity contribution < 1.29 is 14.3 Å². The quantitative estimate of drug-likeness (QED) is 0.429. The van der Waals surface area contributed by atoms with Gasteiger partial charge in [-0.25, -0.2) is 4.79 Å². The number of esters is 1. The molecule has 0 amide bonds. The molecule has 0 spiro atoms. The highest BCUT2D eigenvalue weighted by atomic mass is 16.5. The van der Waals surface area contributed by atoms with E-state index in [0.717, 1.165) is 12.8 Å². The molecule has 94 valence electrons. The first-order valence-corrected chi connectivity index (χ1v) is 5.91. The first kappa shape index (κ1) is 13.7. The Balaban J connectivity index is 2.72. The van der Waals surface area contributed by atoms with E-state index in [9.17, 15) is 4.79 Å². The molecule has 1 atom stereocenters. The zero-order valence-electron chi connectivity index (χ0n) is 10.7. The fraction of sp³-hybridized carbons (Fsp3) is 0.692. The van der Waals surface area contributed by atoms with Crippen LogP contribution in [0, 0.1) is 17.2 Å². The lowest BCUT2D eigenvalue weighted by molar-refractivity contribution is -0.138. The lowest BCUT2D eigenvalue weighted by Gasteiger charge is -2.34. The molecule has 0 N–H and O–H groups in total. The molecule has 0 aromatic carbocycles. The maximum absolute atomic E-state index is 11.5. The first-order valence-electron chi connectivity index (χ1n) is 5.91. The second-order valence-electron chi connectivity index (χ2n) is 4.77. The van der Waals surface area contributed by atoms with Gasteiger partial charge in [0, 0.05) is 6.61 Å². The molecule has 0 radical (unpaired) electrons. The minimum atomic E-state index is -0.528. The van der Waals surface area contributed by atoms with Crippen LogP contribution in [0.15, 0.2) is 11.6 Å². The van der Waals surface area contributed by atoms with E-state index in [1.165, 1.54) is 0 Å². The Morgan fingerprint density at radius 2 is 2.35 bits per heavy atom. The second-order valence-corrected chi connectivity index (χ2v) is 4.77. The number of carbonyl (C=O) groups excluding carboxylic acids is 1. The van der Waals surface area contributed by atoms with Crippen LogP contribution in [0.5, 0.6) is 0 Å². The summed E-state index contributed by atoms with van der Waals surface area (Å²) in [5.74, 6) is -0.322. The second kappa shape index (κ2) is 5.83. The van der Waals surface area contributed by atoms with Crippen LogP contribution < -0.4 is 0 Å². The smallest absolute Gasteiger partial charge is 0.348 e. The van der Waals surface area contributed by atoms with E-state index >= 15 is 0 Å². The SMILES string of the molecule is CCOC(=O)C(C#N)=CC1CCOC(C)(C)C1. The molecule has 1 aliphatic rings. The summed E-state index contributed by atoms with van der Waals surface area (Å²) in [6.07, 6.45) is 3.38. The number of hydrogen-bond acceptors (Lipinski definition) is 4. The van der Waals surface area contributed by atoms with Gasteiger partial charge in [0.05, 0.1) is 12.2 Å². The maximum Gasteiger partial charge on any atom is 0.348 e. The zero-order valence-corrected chi connectivity index (χ0v) is 10.7. The molecule has 1 heterocycles. The zero-order chi connectivity index (χ0) is 12.9. The Hall–Kier alpha value is -1.34.